The van der Waals surface area contributed by atoms with Crippen LogP contribution in [0.5, 0.6) is 0 Å². The van der Waals surface area contributed by atoms with Crippen LogP contribution in [0.15, 0.2) is 15.3 Å². The third-order valence-electron chi connectivity index (χ3n) is 1.47. The van der Waals surface area contributed by atoms with E-state index in [-0.39, 0.29) is 5.88 Å². The largest absolute Gasteiger partial charge is 0.323 e. The van der Waals surface area contributed by atoms with E-state index in [1.165, 1.54) is 0 Å². The summed E-state index contributed by atoms with van der Waals surface area (Å²) in [5.41, 5.74) is -0.953. The fraction of sp³-hybridized carbons (Fsp3) is 0.286. The van der Waals surface area contributed by atoms with Crippen molar-refractivity contribution in [3.05, 3.63) is 32.2 Å². The van der Waals surface area contributed by atoms with Crippen molar-refractivity contribution in [1.29, 1.82) is 0 Å². The summed E-state index contributed by atoms with van der Waals surface area (Å²) in [6.07, 6.45) is -2.77. The van der Waals surface area contributed by atoms with E-state index in [2.05, 4.69) is 20.9 Å². The van der Waals surface area contributed by atoms with E-state index in [0.29, 0.717) is 10.2 Å². The molecule has 6 heteroatoms. The number of aromatic amines is 1. The molecule has 0 amide bonds. The molecule has 0 bridgehead atoms. The maximum absolute atomic E-state index is 12.2. The molecule has 0 fully saturated rings. The number of rotatable bonds is 2. The van der Waals surface area contributed by atoms with Gasteiger partial charge in [0, 0.05) is 10.2 Å². The van der Waals surface area contributed by atoms with Crippen molar-refractivity contribution in [2.75, 3.05) is 0 Å². The fourth-order valence-electron chi connectivity index (χ4n) is 0.817. The highest BCUT2D eigenvalue weighted by Crippen LogP contribution is 2.21. The molecular weight excluding hydrogens is 267 g/mol. The maximum Gasteiger partial charge on any atom is 0.269 e. The number of alkyl halides is 3. The Kier molecular flexibility index (Phi) is 3.44. The average Bonchev–Trinajstić information content (AvgIpc) is 2.07. The third-order valence-corrected chi connectivity index (χ3v) is 2.44. The second kappa shape index (κ2) is 4.19. The zero-order chi connectivity index (χ0) is 10.0. The molecule has 0 saturated carbocycles. The van der Waals surface area contributed by atoms with E-state index in [4.69, 9.17) is 11.6 Å². The van der Waals surface area contributed by atoms with E-state index in [1.807, 2.05) is 0 Å². The minimum atomic E-state index is -2.77. The molecular formula is C7H5BrClF2NO. The SMILES string of the molecule is O=c1[nH]c(CCl)c(Br)cc1C(F)F. The summed E-state index contributed by atoms with van der Waals surface area (Å²) < 4.78 is 24.7. The Hall–Kier alpha value is -0.420. The molecule has 0 aliphatic heterocycles. The Bertz CT molecular complexity index is 366. The van der Waals surface area contributed by atoms with Crippen LogP contribution in [-0.4, -0.2) is 4.98 Å². The monoisotopic (exact) mass is 271 g/mol. The highest BCUT2D eigenvalue weighted by atomic mass is 79.9. The van der Waals surface area contributed by atoms with Gasteiger partial charge < -0.3 is 4.98 Å². The lowest BCUT2D eigenvalue weighted by Crippen LogP contribution is -2.14. The van der Waals surface area contributed by atoms with Crippen molar-refractivity contribution in [3.8, 4) is 0 Å². The first-order valence-corrected chi connectivity index (χ1v) is 4.64. The first-order valence-electron chi connectivity index (χ1n) is 3.32. The van der Waals surface area contributed by atoms with Gasteiger partial charge >= 0.3 is 0 Å². The average molecular weight is 272 g/mol. The molecule has 1 rings (SSSR count). The van der Waals surface area contributed by atoms with Gasteiger partial charge in [-0.3, -0.25) is 4.79 Å². The van der Waals surface area contributed by atoms with Gasteiger partial charge in [0.05, 0.1) is 11.4 Å². The molecule has 2 nitrogen and oxygen atoms in total. The molecule has 0 spiro atoms. The van der Waals surface area contributed by atoms with Crippen LogP contribution in [0.2, 0.25) is 0 Å². The summed E-state index contributed by atoms with van der Waals surface area (Å²) in [7, 11) is 0. The van der Waals surface area contributed by atoms with Crippen LogP contribution in [0, 0.1) is 0 Å². The second-order valence-corrected chi connectivity index (χ2v) is 3.44. The van der Waals surface area contributed by atoms with E-state index in [0.717, 1.165) is 6.07 Å². The van der Waals surface area contributed by atoms with Crippen LogP contribution >= 0.6 is 27.5 Å². The molecule has 1 N–H and O–H groups in total. The number of aromatic nitrogens is 1. The van der Waals surface area contributed by atoms with Crippen LogP contribution in [0.3, 0.4) is 0 Å². The van der Waals surface area contributed by atoms with Crippen molar-refractivity contribution in [3.63, 3.8) is 0 Å². The number of hydrogen-bond acceptors (Lipinski definition) is 1. The van der Waals surface area contributed by atoms with Gasteiger partial charge in [0.1, 0.15) is 0 Å². The minimum absolute atomic E-state index is 0.0688. The Balaban J connectivity index is 3.29. The molecule has 0 saturated heterocycles. The number of nitrogens with one attached hydrogen (secondary N) is 1. The predicted molar refractivity (Wildman–Crippen MR) is 49.3 cm³/mol. The summed E-state index contributed by atoms with van der Waals surface area (Å²) in [6, 6.07) is 1.08. The van der Waals surface area contributed by atoms with Crippen LogP contribution in [-0.2, 0) is 5.88 Å². The molecule has 0 aliphatic rings. The van der Waals surface area contributed by atoms with Gasteiger partial charge in [-0.2, -0.15) is 0 Å². The van der Waals surface area contributed by atoms with E-state index in [9.17, 15) is 13.6 Å². The molecule has 0 aromatic carbocycles. The number of H-pyrrole nitrogens is 1. The van der Waals surface area contributed by atoms with E-state index >= 15 is 0 Å². The van der Waals surface area contributed by atoms with E-state index < -0.39 is 17.5 Å². The first-order chi connectivity index (χ1) is 6.06. The smallest absolute Gasteiger partial charge is 0.269 e. The van der Waals surface area contributed by atoms with Crippen LogP contribution < -0.4 is 5.56 Å². The summed E-state index contributed by atoms with van der Waals surface area (Å²) in [6.45, 7) is 0. The molecule has 1 heterocycles. The van der Waals surface area contributed by atoms with Gasteiger partial charge in [-0.25, -0.2) is 8.78 Å². The summed E-state index contributed by atoms with van der Waals surface area (Å²) >= 11 is 8.47. The Labute approximate surface area is 86.0 Å². The lowest BCUT2D eigenvalue weighted by atomic mass is 10.2. The lowest BCUT2D eigenvalue weighted by Gasteiger charge is -2.03. The van der Waals surface area contributed by atoms with Crippen molar-refractivity contribution >= 4 is 27.5 Å². The second-order valence-electron chi connectivity index (χ2n) is 2.31. The number of pyridine rings is 1. The molecule has 0 unspecified atom stereocenters. The third kappa shape index (κ3) is 2.28. The molecule has 0 radical (unpaired) electrons. The quantitative estimate of drug-likeness (QED) is 0.825. The Morgan fingerprint density at radius 3 is 2.69 bits per heavy atom. The summed E-state index contributed by atoms with van der Waals surface area (Å²) in [4.78, 5) is 13.2. The molecule has 0 atom stereocenters. The minimum Gasteiger partial charge on any atom is -0.323 e. The van der Waals surface area contributed by atoms with Crippen molar-refractivity contribution in [1.82, 2.24) is 4.98 Å². The maximum atomic E-state index is 12.2. The lowest BCUT2D eigenvalue weighted by molar-refractivity contribution is 0.149. The Morgan fingerprint density at radius 2 is 2.23 bits per heavy atom. The molecule has 72 valence electrons. The van der Waals surface area contributed by atoms with Gasteiger partial charge in [0.2, 0.25) is 0 Å². The summed E-state index contributed by atoms with van der Waals surface area (Å²) in [5, 5.41) is 0. The van der Waals surface area contributed by atoms with Crippen molar-refractivity contribution < 1.29 is 8.78 Å². The topological polar surface area (TPSA) is 32.9 Å². The molecule has 13 heavy (non-hydrogen) atoms. The highest BCUT2D eigenvalue weighted by molar-refractivity contribution is 9.10. The van der Waals surface area contributed by atoms with Gasteiger partial charge in [-0.15, -0.1) is 11.6 Å². The van der Waals surface area contributed by atoms with Crippen molar-refractivity contribution in [2.45, 2.75) is 12.3 Å². The van der Waals surface area contributed by atoms with Gasteiger partial charge in [-0.1, -0.05) is 0 Å². The van der Waals surface area contributed by atoms with Gasteiger partial charge in [-0.05, 0) is 22.0 Å². The fourth-order valence-corrected chi connectivity index (χ4v) is 1.68. The van der Waals surface area contributed by atoms with Crippen LogP contribution in [0.25, 0.3) is 0 Å². The van der Waals surface area contributed by atoms with Crippen LogP contribution in [0.4, 0.5) is 8.78 Å². The van der Waals surface area contributed by atoms with Crippen LogP contribution in [0.1, 0.15) is 17.7 Å². The normalized spacial score (nSPS) is 10.8. The number of halogens is 4. The van der Waals surface area contributed by atoms with E-state index in [1.54, 1.807) is 0 Å². The predicted octanol–water partition coefficient (Wildman–Crippen LogP) is 2.81. The number of hydrogen-bond donors (Lipinski definition) is 1. The highest BCUT2D eigenvalue weighted by Gasteiger charge is 2.14. The van der Waals surface area contributed by atoms with Gasteiger partial charge in [0.25, 0.3) is 12.0 Å². The first kappa shape index (κ1) is 10.7. The zero-order valence-corrected chi connectivity index (χ0v) is 8.62. The Morgan fingerprint density at radius 1 is 1.62 bits per heavy atom. The standard InChI is InChI=1S/C7H5BrClF2NO/c8-4-1-3(6(10)11)7(13)12-5(4)2-9/h1,6H,2H2,(H,12,13). The zero-order valence-electron chi connectivity index (χ0n) is 6.28. The molecule has 0 aliphatic carbocycles. The van der Waals surface area contributed by atoms with Gasteiger partial charge in [0.15, 0.2) is 0 Å². The summed E-state index contributed by atoms with van der Waals surface area (Å²) in [5.74, 6) is 0.0688. The van der Waals surface area contributed by atoms with Crippen molar-refractivity contribution in [2.24, 2.45) is 0 Å². The molecule has 1 aromatic rings. The molecule has 1 aromatic heterocycles.